The molecule has 2 heterocycles. The van der Waals surface area contributed by atoms with Crippen molar-refractivity contribution in [2.75, 3.05) is 26.2 Å². The lowest BCUT2D eigenvalue weighted by molar-refractivity contribution is -0.135. The SMILES string of the molecule is CCNCC1CCN(C(=O)[C@@H]2CCC(=O)N2)CC1. The fourth-order valence-corrected chi connectivity index (χ4v) is 2.73. The summed E-state index contributed by atoms with van der Waals surface area (Å²) < 4.78 is 0. The van der Waals surface area contributed by atoms with Crippen LogP contribution in [0.4, 0.5) is 0 Å². The number of nitrogens with zero attached hydrogens (tertiary/aromatic N) is 1. The Hall–Kier alpha value is -1.10. The maximum atomic E-state index is 12.2. The lowest BCUT2D eigenvalue weighted by Gasteiger charge is -2.33. The molecule has 0 aromatic rings. The summed E-state index contributed by atoms with van der Waals surface area (Å²) in [6, 6.07) is -0.261. The van der Waals surface area contributed by atoms with Gasteiger partial charge in [-0.05, 0) is 38.3 Å². The number of nitrogens with one attached hydrogen (secondary N) is 2. The molecule has 0 bridgehead atoms. The molecule has 2 aliphatic rings. The van der Waals surface area contributed by atoms with Gasteiger partial charge in [-0.3, -0.25) is 9.59 Å². The molecule has 2 aliphatic heterocycles. The molecule has 0 aliphatic carbocycles. The number of carbonyl (C=O) groups is 2. The number of hydrogen-bond donors (Lipinski definition) is 2. The lowest BCUT2D eigenvalue weighted by Crippen LogP contribution is -2.48. The van der Waals surface area contributed by atoms with Crippen molar-refractivity contribution in [2.24, 2.45) is 5.92 Å². The first kappa shape index (κ1) is 13.3. The van der Waals surface area contributed by atoms with Gasteiger partial charge in [-0.15, -0.1) is 0 Å². The zero-order valence-electron chi connectivity index (χ0n) is 11.1. The quantitative estimate of drug-likeness (QED) is 0.748. The molecule has 2 fully saturated rings. The number of likely N-dealkylation sites (tertiary alicyclic amines) is 1. The fourth-order valence-electron chi connectivity index (χ4n) is 2.73. The van der Waals surface area contributed by atoms with Crippen molar-refractivity contribution in [2.45, 2.75) is 38.6 Å². The van der Waals surface area contributed by atoms with Crippen LogP contribution in [0.5, 0.6) is 0 Å². The van der Waals surface area contributed by atoms with Gasteiger partial charge >= 0.3 is 0 Å². The van der Waals surface area contributed by atoms with E-state index in [1.165, 1.54) is 0 Å². The Morgan fingerprint density at radius 1 is 1.39 bits per heavy atom. The Labute approximate surface area is 108 Å². The third-order valence-electron chi connectivity index (χ3n) is 3.90. The fraction of sp³-hybridized carbons (Fsp3) is 0.846. The monoisotopic (exact) mass is 253 g/mol. The van der Waals surface area contributed by atoms with E-state index in [-0.39, 0.29) is 17.9 Å². The first-order valence-corrected chi connectivity index (χ1v) is 6.99. The van der Waals surface area contributed by atoms with E-state index in [4.69, 9.17) is 0 Å². The van der Waals surface area contributed by atoms with E-state index in [9.17, 15) is 9.59 Å². The topological polar surface area (TPSA) is 61.4 Å². The van der Waals surface area contributed by atoms with Crippen molar-refractivity contribution < 1.29 is 9.59 Å². The average Bonchev–Trinajstić information content (AvgIpc) is 2.83. The van der Waals surface area contributed by atoms with Crippen LogP contribution in [0.25, 0.3) is 0 Å². The van der Waals surface area contributed by atoms with Gasteiger partial charge in [0.05, 0.1) is 0 Å². The molecule has 5 nitrogen and oxygen atoms in total. The second kappa shape index (κ2) is 6.18. The zero-order chi connectivity index (χ0) is 13.0. The zero-order valence-corrected chi connectivity index (χ0v) is 11.1. The largest absolute Gasteiger partial charge is 0.344 e. The second-order valence-electron chi connectivity index (χ2n) is 5.24. The molecule has 2 N–H and O–H groups in total. The molecule has 2 rings (SSSR count). The Morgan fingerprint density at radius 2 is 2.11 bits per heavy atom. The highest BCUT2D eigenvalue weighted by Gasteiger charge is 2.32. The van der Waals surface area contributed by atoms with Gasteiger partial charge in [0.2, 0.25) is 11.8 Å². The molecule has 0 aromatic heterocycles. The van der Waals surface area contributed by atoms with Crippen LogP contribution in [-0.2, 0) is 9.59 Å². The third kappa shape index (κ3) is 3.22. The first-order valence-electron chi connectivity index (χ1n) is 6.99. The minimum atomic E-state index is -0.261. The predicted molar refractivity (Wildman–Crippen MR) is 69.0 cm³/mol. The average molecular weight is 253 g/mol. The highest BCUT2D eigenvalue weighted by atomic mass is 16.2. The Bertz CT molecular complexity index is 311. The minimum Gasteiger partial charge on any atom is -0.344 e. The van der Waals surface area contributed by atoms with Crippen molar-refractivity contribution in [3.8, 4) is 0 Å². The molecule has 0 spiro atoms. The Balaban J connectivity index is 1.75. The smallest absolute Gasteiger partial charge is 0.245 e. The van der Waals surface area contributed by atoms with Crippen molar-refractivity contribution >= 4 is 11.8 Å². The minimum absolute atomic E-state index is 0.00961. The summed E-state index contributed by atoms with van der Waals surface area (Å²) >= 11 is 0. The van der Waals surface area contributed by atoms with Crippen molar-refractivity contribution in [1.82, 2.24) is 15.5 Å². The lowest BCUT2D eigenvalue weighted by atomic mass is 9.96. The van der Waals surface area contributed by atoms with Crippen LogP contribution in [0.3, 0.4) is 0 Å². The van der Waals surface area contributed by atoms with Crippen LogP contribution in [0.1, 0.15) is 32.6 Å². The molecule has 0 saturated carbocycles. The Morgan fingerprint density at radius 3 is 2.67 bits per heavy atom. The van der Waals surface area contributed by atoms with E-state index in [0.717, 1.165) is 39.0 Å². The molecule has 0 radical (unpaired) electrons. The van der Waals surface area contributed by atoms with Gasteiger partial charge in [-0.25, -0.2) is 0 Å². The number of carbonyl (C=O) groups excluding carboxylic acids is 2. The van der Waals surface area contributed by atoms with Gasteiger partial charge in [0.15, 0.2) is 0 Å². The maximum absolute atomic E-state index is 12.2. The highest BCUT2D eigenvalue weighted by molar-refractivity contribution is 5.90. The molecule has 18 heavy (non-hydrogen) atoms. The van der Waals surface area contributed by atoms with Crippen LogP contribution in [-0.4, -0.2) is 48.9 Å². The first-order chi connectivity index (χ1) is 8.70. The molecule has 2 amide bonds. The standard InChI is InChI=1S/C13H23N3O2/c1-2-14-9-10-5-7-16(8-6-10)13(18)11-3-4-12(17)15-11/h10-11,14H,2-9H2,1H3,(H,15,17)/t11-/m0/s1. The van der Waals surface area contributed by atoms with E-state index >= 15 is 0 Å². The van der Waals surface area contributed by atoms with Gasteiger partial charge in [0.25, 0.3) is 0 Å². The number of hydrogen-bond acceptors (Lipinski definition) is 3. The summed E-state index contributed by atoms with van der Waals surface area (Å²) in [5, 5.41) is 6.12. The summed E-state index contributed by atoms with van der Waals surface area (Å²) in [6.07, 6.45) is 3.29. The molecular formula is C13H23N3O2. The van der Waals surface area contributed by atoms with Gasteiger partial charge < -0.3 is 15.5 Å². The summed E-state index contributed by atoms with van der Waals surface area (Å²) in [7, 11) is 0. The van der Waals surface area contributed by atoms with Gasteiger partial charge in [-0.2, -0.15) is 0 Å². The predicted octanol–water partition coefficient (Wildman–Crippen LogP) is 0.113. The maximum Gasteiger partial charge on any atom is 0.245 e. The van der Waals surface area contributed by atoms with E-state index in [1.54, 1.807) is 0 Å². The molecule has 0 aromatic carbocycles. The molecule has 1 atom stereocenters. The van der Waals surface area contributed by atoms with E-state index in [2.05, 4.69) is 17.6 Å². The highest BCUT2D eigenvalue weighted by Crippen LogP contribution is 2.19. The van der Waals surface area contributed by atoms with Crippen LogP contribution in [0, 0.1) is 5.92 Å². The molecular weight excluding hydrogens is 230 g/mol. The van der Waals surface area contributed by atoms with E-state index in [1.807, 2.05) is 4.90 Å². The normalized spacial score (nSPS) is 25.3. The van der Waals surface area contributed by atoms with Crippen molar-refractivity contribution in [3.05, 3.63) is 0 Å². The van der Waals surface area contributed by atoms with Gasteiger partial charge in [0.1, 0.15) is 6.04 Å². The van der Waals surface area contributed by atoms with Crippen LogP contribution < -0.4 is 10.6 Å². The summed E-state index contributed by atoms with van der Waals surface area (Å²) in [5.74, 6) is 0.810. The molecule has 2 saturated heterocycles. The molecule has 5 heteroatoms. The number of piperidine rings is 1. The third-order valence-corrected chi connectivity index (χ3v) is 3.90. The van der Waals surface area contributed by atoms with Crippen molar-refractivity contribution in [3.63, 3.8) is 0 Å². The van der Waals surface area contributed by atoms with E-state index in [0.29, 0.717) is 18.8 Å². The molecule has 0 unspecified atom stereocenters. The second-order valence-corrected chi connectivity index (χ2v) is 5.24. The number of rotatable bonds is 4. The van der Waals surface area contributed by atoms with Gasteiger partial charge in [0, 0.05) is 19.5 Å². The van der Waals surface area contributed by atoms with Crippen molar-refractivity contribution in [1.29, 1.82) is 0 Å². The van der Waals surface area contributed by atoms with Gasteiger partial charge in [-0.1, -0.05) is 6.92 Å². The van der Waals surface area contributed by atoms with Crippen LogP contribution >= 0.6 is 0 Å². The summed E-state index contributed by atoms with van der Waals surface area (Å²) in [6.45, 7) is 5.84. The van der Waals surface area contributed by atoms with E-state index < -0.39 is 0 Å². The summed E-state index contributed by atoms with van der Waals surface area (Å²) in [4.78, 5) is 25.2. The Kier molecular flexibility index (Phi) is 4.58. The molecule has 102 valence electrons. The van der Waals surface area contributed by atoms with Crippen LogP contribution in [0.15, 0.2) is 0 Å². The van der Waals surface area contributed by atoms with Crippen LogP contribution in [0.2, 0.25) is 0 Å². The number of amides is 2. The summed E-state index contributed by atoms with van der Waals surface area (Å²) in [5.41, 5.74) is 0.